The Morgan fingerprint density at radius 3 is 2.78 bits per heavy atom. The van der Waals surface area contributed by atoms with Gasteiger partial charge < -0.3 is 10.2 Å². The third-order valence-corrected chi connectivity index (χ3v) is 7.32. The molecule has 0 unspecified atom stereocenters. The van der Waals surface area contributed by atoms with Crippen molar-refractivity contribution in [3.63, 3.8) is 0 Å². The Morgan fingerprint density at radius 2 is 2.04 bits per heavy atom. The van der Waals surface area contributed by atoms with E-state index in [1.54, 1.807) is 23.5 Å². The summed E-state index contributed by atoms with van der Waals surface area (Å²) in [5, 5.41) is 6.66. The number of nitrogens with one attached hydrogen (secondary N) is 1. The van der Waals surface area contributed by atoms with E-state index in [-0.39, 0.29) is 11.2 Å². The molecule has 27 heavy (non-hydrogen) atoms. The number of thiazole rings is 1. The summed E-state index contributed by atoms with van der Waals surface area (Å²) in [5.41, 5.74) is 1.62. The molecule has 2 aliphatic rings. The van der Waals surface area contributed by atoms with Crippen molar-refractivity contribution in [1.29, 1.82) is 0 Å². The maximum Gasteiger partial charge on any atom is 0.182 e. The van der Waals surface area contributed by atoms with Gasteiger partial charge in [0, 0.05) is 23.4 Å². The first-order valence-corrected chi connectivity index (χ1v) is 11.2. The second kappa shape index (κ2) is 8.27. The molecule has 1 saturated carbocycles. The van der Waals surface area contributed by atoms with Gasteiger partial charge in [-0.3, -0.25) is 0 Å². The Bertz CT molecular complexity index is 754. The van der Waals surface area contributed by atoms with Crippen LogP contribution in [0.15, 0.2) is 29.6 Å². The quantitative estimate of drug-likeness (QED) is 0.716. The Kier molecular flexibility index (Phi) is 5.79. The number of anilines is 1. The van der Waals surface area contributed by atoms with Crippen molar-refractivity contribution >= 4 is 16.5 Å². The number of rotatable bonds is 6. The molecule has 1 saturated heterocycles. The van der Waals surface area contributed by atoms with Gasteiger partial charge >= 0.3 is 0 Å². The fourth-order valence-electron chi connectivity index (χ4n) is 4.93. The van der Waals surface area contributed by atoms with Crippen LogP contribution in [0.1, 0.15) is 62.6 Å². The lowest BCUT2D eigenvalue weighted by Crippen LogP contribution is -2.32. The van der Waals surface area contributed by atoms with Crippen LogP contribution in [0.4, 0.5) is 9.52 Å². The van der Waals surface area contributed by atoms with E-state index in [4.69, 9.17) is 4.98 Å². The number of likely N-dealkylation sites (tertiary alicyclic amines) is 1. The zero-order valence-corrected chi connectivity index (χ0v) is 17.0. The van der Waals surface area contributed by atoms with E-state index >= 15 is 0 Å². The van der Waals surface area contributed by atoms with E-state index < -0.39 is 0 Å². The number of hydrogen-bond donors (Lipinski definition) is 1. The Morgan fingerprint density at radius 1 is 1.22 bits per heavy atom. The van der Waals surface area contributed by atoms with Crippen molar-refractivity contribution < 1.29 is 4.39 Å². The van der Waals surface area contributed by atoms with Gasteiger partial charge in [-0.05, 0) is 57.3 Å². The number of nitrogens with zero attached hydrogens (tertiary/aromatic N) is 2. The van der Waals surface area contributed by atoms with E-state index in [2.05, 4.69) is 22.6 Å². The summed E-state index contributed by atoms with van der Waals surface area (Å²) in [4.78, 5) is 7.40. The summed E-state index contributed by atoms with van der Waals surface area (Å²) in [7, 11) is 2.22. The fraction of sp³-hybridized carbons (Fsp3) is 0.591. The minimum absolute atomic E-state index is 0.0915. The van der Waals surface area contributed by atoms with Crippen LogP contribution in [0.5, 0.6) is 0 Å². The van der Waals surface area contributed by atoms with Gasteiger partial charge in [-0.15, -0.1) is 11.3 Å². The summed E-state index contributed by atoms with van der Waals surface area (Å²) in [6.07, 6.45) is 9.27. The largest absolute Gasteiger partial charge is 0.361 e. The van der Waals surface area contributed by atoms with Gasteiger partial charge in [-0.2, -0.15) is 0 Å². The molecule has 0 amide bonds. The second-order valence-electron chi connectivity index (χ2n) is 8.15. The van der Waals surface area contributed by atoms with Crippen molar-refractivity contribution in [1.82, 2.24) is 9.88 Å². The highest BCUT2D eigenvalue weighted by Gasteiger charge is 2.39. The molecular formula is C22H30FN3S. The van der Waals surface area contributed by atoms with Gasteiger partial charge in [0.05, 0.1) is 5.69 Å². The molecule has 0 spiro atoms. The molecule has 4 rings (SSSR count). The molecule has 2 heterocycles. The predicted molar refractivity (Wildman–Crippen MR) is 111 cm³/mol. The van der Waals surface area contributed by atoms with E-state index in [1.165, 1.54) is 25.8 Å². The van der Waals surface area contributed by atoms with E-state index in [9.17, 15) is 4.39 Å². The lowest BCUT2D eigenvalue weighted by molar-refractivity contribution is 0.301. The highest BCUT2D eigenvalue weighted by molar-refractivity contribution is 7.13. The maximum absolute atomic E-state index is 14.7. The molecule has 1 aliphatic heterocycles. The zero-order chi connectivity index (χ0) is 18.7. The summed E-state index contributed by atoms with van der Waals surface area (Å²) >= 11 is 1.67. The lowest BCUT2D eigenvalue weighted by Gasteiger charge is -2.36. The standard InChI is InChI=1S/C22H30FN3S/c1-26-15-7-8-17(26)11-14-24-21-25-20(16-27-21)22(12-5-2-6-13-22)18-9-3-4-10-19(18)23/h3-4,9-10,16-17H,2,5-8,11-15H2,1H3,(H,24,25)/t17-/m1/s1. The molecule has 1 atom stereocenters. The zero-order valence-electron chi connectivity index (χ0n) is 16.2. The van der Waals surface area contributed by atoms with Gasteiger partial charge in [-0.1, -0.05) is 37.5 Å². The lowest BCUT2D eigenvalue weighted by atomic mass is 9.67. The Labute approximate surface area is 166 Å². The summed E-state index contributed by atoms with van der Waals surface area (Å²) in [6, 6.07) is 7.99. The summed E-state index contributed by atoms with van der Waals surface area (Å²) in [5.74, 6) is -0.0915. The molecule has 0 radical (unpaired) electrons. The molecule has 2 aromatic rings. The molecule has 2 fully saturated rings. The molecule has 1 N–H and O–H groups in total. The van der Waals surface area contributed by atoms with Crippen molar-refractivity contribution in [3.05, 3.63) is 46.7 Å². The van der Waals surface area contributed by atoms with Crippen LogP contribution in [0, 0.1) is 5.82 Å². The van der Waals surface area contributed by atoms with E-state index in [1.807, 2.05) is 12.1 Å². The van der Waals surface area contributed by atoms with Gasteiger partial charge in [0.25, 0.3) is 0 Å². The fourth-order valence-corrected chi connectivity index (χ4v) is 5.77. The van der Waals surface area contributed by atoms with Crippen molar-refractivity contribution in [2.45, 2.75) is 62.8 Å². The number of aromatic nitrogens is 1. The van der Waals surface area contributed by atoms with Crippen molar-refractivity contribution in [2.75, 3.05) is 25.5 Å². The Balaban J connectivity index is 1.50. The van der Waals surface area contributed by atoms with Crippen molar-refractivity contribution in [2.24, 2.45) is 0 Å². The predicted octanol–water partition coefficient (Wildman–Crippen LogP) is 5.43. The smallest absolute Gasteiger partial charge is 0.182 e. The molecule has 1 aliphatic carbocycles. The highest BCUT2D eigenvalue weighted by Crippen LogP contribution is 2.46. The van der Waals surface area contributed by atoms with Crippen LogP contribution in [0.2, 0.25) is 0 Å². The summed E-state index contributed by atoms with van der Waals surface area (Å²) in [6.45, 7) is 2.17. The molecule has 5 heteroatoms. The second-order valence-corrected chi connectivity index (χ2v) is 9.01. The average molecular weight is 388 g/mol. The SMILES string of the molecule is CN1CCC[C@@H]1CCNc1nc(C2(c3ccccc3F)CCCCC2)cs1. The van der Waals surface area contributed by atoms with Gasteiger partial charge in [0.15, 0.2) is 5.13 Å². The van der Waals surface area contributed by atoms with Crippen LogP contribution in [0.25, 0.3) is 0 Å². The van der Waals surface area contributed by atoms with Gasteiger partial charge in [0.2, 0.25) is 0 Å². The molecular weight excluding hydrogens is 357 g/mol. The average Bonchev–Trinajstić information content (AvgIpc) is 3.33. The summed E-state index contributed by atoms with van der Waals surface area (Å²) < 4.78 is 14.7. The van der Waals surface area contributed by atoms with Crippen LogP contribution < -0.4 is 5.32 Å². The third-order valence-electron chi connectivity index (χ3n) is 6.52. The maximum atomic E-state index is 14.7. The number of halogens is 1. The monoisotopic (exact) mass is 387 g/mol. The molecule has 1 aromatic carbocycles. The number of benzene rings is 1. The van der Waals surface area contributed by atoms with Gasteiger partial charge in [0.1, 0.15) is 5.82 Å². The molecule has 0 bridgehead atoms. The van der Waals surface area contributed by atoms with E-state index in [0.717, 1.165) is 55.0 Å². The first-order valence-electron chi connectivity index (χ1n) is 10.3. The first-order chi connectivity index (χ1) is 13.2. The topological polar surface area (TPSA) is 28.2 Å². The van der Waals surface area contributed by atoms with Crippen LogP contribution in [0.3, 0.4) is 0 Å². The van der Waals surface area contributed by atoms with E-state index in [0.29, 0.717) is 6.04 Å². The first kappa shape index (κ1) is 18.9. The molecule has 3 nitrogen and oxygen atoms in total. The minimum atomic E-state index is -0.258. The minimum Gasteiger partial charge on any atom is -0.361 e. The molecule has 146 valence electrons. The Hall–Kier alpha value is -1.46. The highest BCUT2D eigenvalue weighted by atomic mass is 32.1. The van der Waals surface area contributed by atoms with Crippen LogP contribution in [-0.4, -0.2) is 36.1 Å². The van der Waals surface area contributed by atoms with Gasteiger partial charge in [-0.25, -0.2) is 9.37 Å². The normalized spacial score (nSPS) is 22.8. The van der Waals surface area contributed by atoms with Crippen LogP contribution >= 0.6 is 11.3 Å². The van der Waals surface area contributed by atoms with Crippen molar-refractivity contribution in [3.8, 4) is 0 Å². The number of hydrogen-bond acceptors (Lipinski definition) is 4. The van der Waals surface area contributed by atoms with Crippen LogP contribution in [-0.2, 0) is 5.41 Å². The third kappa shape index (κ3) is 3.90. The molecule has 1 aromatic heterocycles.